The second-order valence-electron chi connectivity index (χ2n) is 6.89. The molecule has 0 spiro atoms. The number of rotatable bonds is 9. The van der Waals surface area contributed by atoms with Crippen LogP contribution in [0.5, 0.6) is 0 Å². The molecule has 8 heteroatoms. The van der Waals surface area contributed by atoms with Gasteiger partial charge in [-0.3, -0.25) is 4.79 Å². The highest BCUT2D eigenvalue weighted by Crippen LogP contribution is 2.32. The molecule has 2 heterocycles. The van der Waals surface area contributed by atoms with Gasteiger partial charge in [0.1, 0.15) is 12.3 Å². The second-order valence-corrected chi connectivity index (χ2v) is 6.89. The Morgan fingerprint density at radius 3 is 2.68 bits per heavy atom. The summed E-state index contributed by atoms with van der Waals surface area (Å²) in [6.07, 6.45) is 3.58. The maximum Gasteiger partial charge on any atom is 0.356 e. The number of pyridine rings is 1. The van der Waals surface area contributed by atoms with Crippen LogP contribution in [0, 0.1) is 0 Å². The fourth-order valence-electron chi connectivity index (χ4n) is 2.98. The largest absolute Gasteiger partial charge is 0.464 e. The third-order valence-corrected chi connectivity index (χ3v) is 4.36. The summed E-state index contributed by atoms with van der Waals surface area (Å²) in [5.41, 5.74) is 3.08. The predicted molar refractivity (Wildman–Crippen MR) is 110 cm³/mol. The maximum atomic E-state index is 12.3. The number of amides is 1. The normalized spacial score (nSPS) is 11.9. The first-order valence-electron chi connectivity index (χ1n) is 9.04. The highest BCUT2D eigenvalue weighted by atomic mass is 16.5. The number of carbonyl (C=O) groups excluding carboxylic acids is 2. The van der Waals surface area contributed by atoms with E-state index in [1.807, 2.05) is 13.0 Å². The topological polar surface area (TPSA) is 94.5 Å². The van der Waals surface area contributed by atoms with Crippen LogP contribution in [0.25, 0.3) is 11.0 Å². The molecule has 2 aromatic heterocycles. The molecule has 152 valence electrons. The van der Waals surface area contributed by atoms with Crippen LogP contribution >= 0.6 is 0 Å². The summed E-state index contributed by atoms with van der Waals surface area (Å²) in [6, 6.07) is 2.08. The molecule has 0 bridgehead atoms. The van der Waals surface area contributed by atoms with Gasteiger partial charge in [-0.2, -0.15) is 0 Å². The Kier molecular flexibility index (Phi) is 7.17. The lowest BCUT2D eigenvalue weighted by Crippen LogP contribution is -2.19. The molecule has 0 saturated carbocycles. The van der Waals surface area contributed by atoms with E-state index in [-0.39, 0.29) is 24.2 Å². The zero-order chi connectivity index (χ0) is 20.8. The van der Waals surface area contributed by atoms with Gasteiger partial charge in [0.2, 0.25) is 5.91 Å². The van der Waals surface area contributed by atoms with Crippen LogP contribution in [0.15, 0.2) is 24.4 Å². The first-order chi connectivity index (χ1) is 13.3. The van der Waals surface area contributed by atoms with Crippen LogP contribution in [0.1, 0.15) is 37.2 Å². The van der Waals surface area contributed by atoms with Crippen LogP contribution in [-0.2, 0) is 21.3 Å². The summed E-state index contributed by atoms with van der Waals surface area (Å²) >= 11 is 0. The van der Waals surface area contributed by atoms with E-state index >= 15 is 0 Å². The van der Waals surface area contributed by atoms with E-state index in [2.05, 4.69) is 29.1 Å². The van der Waals surface area contributed by atoms with Gasteiger partial charge in [0.05, 0.1) is 24.7 Å². The number of nitrogens with one attached hydrogen (secondary N) is 2. The number of esters is 1. The summed E-state index contributed by atoms with van der Waals surface area (Å²) in [4.78, 5) is 28.9. The van der Waals surface area contributed by atoms with Crippen LogP contribution in [0.2, 0.25) is 0 Å². The third-order valence-electron chi connectivity index (χ3n) is 4.36. The third kappa shape index (κ3) is 4.89. The molecular weight excluding hydrogens is 360 g/mol. The lowest BCUT2D eigenvalue weighted by molar-refractivity contribution is -0.119. The van der Waals surface area contributed by atoms with Crippen molar-refractivity contribution in [2.24, 2.45) is 7.05 Å². The van der Waals surface area contributed by atoms with E-state index in [1.54, 1.807) is 17.8 Å². The van der Waals surface area contributed by atoms with Crippen LogP contribution in [0.3, 0.4) is 0 Å². The molecule has 2 aromatic rings. The van der Waals surface area contributed by atoms with E-state index in [0.29, 0.717) is 16.7 Å². The van der Waals surface area contributed by atoms with Crippen LogP contribution in [-0.4, -0.2) is 48.3 Å². The molecule has 0 unspecified atom stereocenters. The number of nitrogens with zero attached hydrogens (tertiary/aromatic N) is 2. The van der Waals surface area contributed by atoms with Crippen molar-refractivity contribution in [1.29, 1.82) is 0 Å². The zero-order valence-electron chi connectivity index (χ0n) is 17.1. The summed E-state index contributed by atoms with van der Waals surface area (Å²) in [5, 5.41) is 6.79. The predicted octanol–water partition coefficient (Wildman–Crippen LogP) is 3.10. The van der Waals surface area contributed by atoms with Crippen molar-refractivity contribution in [2.75, 3.05) is 31.5 Å². The molecule has 1 atom stereocenters. The molecule has 0 aromatic carbocycles. The summed E-state index contributed by atoms with van der Waals surface area (Å²) in [5.74, 6) is -0.925. The molecule has 2 N–H and O–H groups in total. The van der Waals surface area contributed by atoms with Gasteiger partial charge in [-0.1, -0.05) is 5.57 Å². The maximum absolute atomic E-state index is 12.3. The standard InChI is InChI=1S/C20H28N4O4/c1-12(2)7-8-13(3)22-14-9-15-17(23-16(25)11-27-5)18(20(26)28-6)24(4)19(15)21-10-14/h9-10,13,22H,1,7-8,11H2,2-6H3,(H,23,25)/t13-/m1/s1. The van der Waals surface area contributed by atoms with Crippen molar-refractivity contribution in [3.8, 4) is 0 Å². The summed E-state index contributed by atoms with van der Waals surface area (Å²) in [6.45, 7) is 7.89. The molecule has 0 radical (unpaired) electrons. The van der Waals surface area contributed by atoms with Crippen molar-refractivity contribution >= 4 is 34.3 Å². The van der Waals surface area contributed by atoms with Gasteiger partial charge in [-0.25, -0.2) is 9.78 Å². The zero-order valence-corrected chi connectivity index (χ0v) is 17.1. The van der Waals surface area contributed by atoms with E-state index < -0.39 is 5.97 Å². The smallest absolute Gasteiger partial charge is 0.356 e. The minimum absolute atomic E-state index is 0.125. The fraction of sp³-hybridized carbons (Fsp3) is 0.450. The van der Waals surface area contributed by atoms with Gasteiger partial charge in [0.15, 0.2) is 5.69 Å². The SMILES string of the molecule is C=C(C)CC[C@@H](C)Nc1cnc2c(c1)c(NC(=O)COC)c(C(=O)OC)n2C. The first kappa shape index (κ1) is 21.4. The van der Waals surface area contributed by atoms with Crippen molar-refractivity contribution in [1.82, 2.24) is 9.55 Å². The van der Waals surface area contributed by atoms with Gasteiger partial charge in [0.25, 0.3) is 0 Å². The lowest BCUT2D eigenvalue weighted by Gasteiger charge is -2.15. The number of carbonyl (C=O) groups is 2. The van der Waals surface area contributed by atoms with E-state index in [0.717, 1.165) is 24.1 Å². The minimum Gasteiger partial charge on any atom is -0.464 e. The second kappa shape index (κ2) is 9.36. The number of allylic oxidation sites excluding steroid dienone is 1. The fourth-order valence-corrected chi connectivity index (χ4v) is 2.98. The first-order valence-corrected chi connectivity index (χ1v) is 9.04. The number of hydrogen-bond acceptors (Lipinski definition) is 6. The average Bonchev–Trinajstić information content (AvgIpc) is 2.91. The average molecular weight is 388 g/mol. The molecule has 28 heavy (non-hydrogen) atoms. The lowest BCUT2D eigenvalue weighted by atomic mass is 10.1. The molecule has 0 fully saturated rings. The van der Waals surface area contributed by atoms with E-state index in [1.165, 1.54) is 14.2 Å². The molecule has 0 saturated heterocycles. The van der Waals surface area contributed by atoms with Crippen LogP contribution < -0.4 is 10.6 Å². The molecular formula is C20H28N4O4. The quantitative estimate of drug-likeness (QED) is 0.506. The van der Waals surface area contributed by atoms with Gasteiger partial charge < -0.3 is 24.7 Å². The van der Waals surface area contributed by atoms with Crippen molar-refractivity contribution in [3.63, 3.8) is 0 Å². The number of aryl methyl sites for hydroxylation is 1. The Morgan fingerprint density at radius 1 is 1.36 bits per heavy atom. The molecule has 0 aliphatic rings. The highest BCUT2D eigenvalue weighted by Gasteiger charge is 2.24. The number of anilines is 2. The molecule has 0 aliphatic heterocycles. The Bertz CT molecular complexity index is 888. The highest BCUT2D eigenvalue weighted by molar-refractivity contribution is 6.11. The van der Waals surface area contributed by atoms with Crippen molar-refractivity contribution in [2.45, 2.75) is 32.7 Å². The summed E-state index contributed by atoms with van der Waals surface area (Å²) in [7, 11) is 4.43. The van der Waals surface area contributed by atoms with Crippen molar-refractivity contribution in [3.05, 3.63) is 30.1 Å². The summed E-state index contributed by atoms with van der Waals surface area (Å²) < 4.78 is 11.4. The van der Waals surface area contributed by atoms with Crippen molar-refractivity contribution < 1.29 is 19.1 Å². The number of hydrogen-bond donors (Lipinski definition) is 2. The molecule has 0 aliphatic carbocycles. The monoisotopic (exact) mass is 388 g/mol. The van der Waals surface area contributed by atoms with E-state index in [9.17, 15) is 9.59 Å². The van der Waals surface area contributed by atoms with Gasteiger partial charge in [0, 0.05) is 25.6 Å². The van der Waals surface area contributed by atoms with Gasteiger partial charge in [-0.05, 0) is 32.8 Å². The van der Waals surface area contributed by atoms with E-state index in [4.69, 9.17) is 9.47 Å². The Hall–Kier alpha value is -2.87. The number of methoxy groups -OCH3 is 2. The molecule has 1 amide bonds. The number of aromatic nitrogens is 2. The molecule has 2 rings (SSSR count). The van der Waals surface area contributed by atoms with Gasteiger partial charge >= 0.3 is 5.97 Å². The Morgan fingerprint density at radius 2 is 2.07 bits per heavy atom. The molecule has 8 nitrogen and oxygen atoms in total. The Labute approximate surface area is 164 Å². The number of fused-ring (bicyclic) bond motifs is 1. The number of ether oxygens (including phenoxy) is 2. The Balaban J connectivity index is 2.44. The van der Waals surface area contributed by atoms with Gasteiger partial charge in [-0.15, -0.1) is 6.58 Å². The minimum atomic E-state index is -0.558. The van der Waals surface area contributed by atoms with Crippen LogP contribution in [0.4, 0.5) is 11.4 Å².